The minimum Gasteiger partial charge on any atom is -0.368 e. The van der Waals surface area contributed by atoms with E-state index in [1.54, 1.807) is 25.1 Å². The van der Waals surface area contributed by atoms with E-state index in [0.717, 1.165) is 22.6 Å². The summed E-state index contributed by atoms with van der Waals surface area (Å²) in [7, 11) is 0. The first kappa shape index (κ1) is 23.4. The van der Waals surface area contributed by atoms with Gasteiger partial charge in [0, 0.05) is 37.5 Å². The summed E-state index contributed by atoms with van der Waals surface area (Å²) in [4.78, 5) is 26.2. The van der Waals surface area contributed by atoms with Crippen LogP contribution in [0.15, 0.2) is 42.7 Å². The fourth-order valence-electron chi connectivity index (χ4n) is 3.74. The van der Waals surface area contributed by atoms with Crippen LogP contribution < -0.4 is 5.32 Å². The molecule has 34 heavy (non-hydrogen) atoms. The number of carbonyl (C=O) groups is 1. The fourth-order valence-corrected chi connectivity index (χ4v) is 3.74. The number of carbonyl (C=O) groups excluding carboxylic acids is 1. The summed E-state index contributed by atoms with van der Waals surface area (Å²) < 4.78 is 67.6. The van der Waals surface area contributed by atoms with Gasteiger partial charge in [-0.2, -0.15) is 18.2 Å². The number of alkyl halides is 5. The lowest BCUT2D eigenvalue weighted by atomic mass is 10.0. The molecular weight excluding hydrogens is 457 g/mol. The van der Waals surface area contributed by atoms with E-state index in [0.29, 0.717) is 11.8 Å². The van der Waals surface area contributed by atoms with E-state index in [2.05, 4.69) is 32.5 Å². The molecule has 0 unspecified atom stereocenters. The number of hydrogen-bond donors (Lipinski definition) is 1. The van der Waals surface area contributed by atoms with Gasteiger partial charge >= 0.3 is 6.18 Å². The second-order valence-corrected chi connectivity index (χ2v) is 7.83. The lowest BCUT2D eigenvalue weighted by Crippen LogP contribution is -2.47. The van der Waals surface area contributed by atoms with Crippen LogP contribution >= 0.6 is 0 Å². The van der Waals surface area contributed by atoms with Crippen molar-refractivity contribution in [2.24, 2.45) is 0 Å². The lowest BCUT2D eigenvalue weighted by Gasteiger charge is -2.28. The van der Waals surface area contributed by atoms with Gasteiger partial charge in [-0.3, -0.25) is 4.79 Å². The van der Waals surface area contributed by atoms with Crippen molar-refractivity contribution in [3.63, 3.8) is 0 Å². The summed E-state index contributed by atoms with van der Waals surface area (Å²) in [6, 6.07) is 7.86. The van der Waals surface area contributed by atoms with E-state index in [-0.39, 0.29) is 23.8 Å². The third-order valence-electron chi connectivity index (χ3n) is 5.50. The van der Waals surface area contributed by atoms with Crippen LogP contribution in [0.25, 0.3) is 11.4 Å². The molecule has 1 aliphatic rings. The first-order chi connectivity index (χ1) is 16.1. The van der Waals surface area contributed by atoms with Crippen LogP contribution in [0.1, 0.15) is 27.9 Å². The standard InChI is InChI=1S/C23H18F5N5O/c1-14-3-5-16(20-29-8-2-9-30-20)17(11-14)21(34)33-10-7-22(24,25)18(33)13-32-19-6-4-15(12-31-19)23(26,27)28/h3-6,8,11-12,18H,7,10,13H2,1H3,(H,31,32)/t18-/m1/s1. The molecule has 1 amide bonds. The number of rotatable bonds is 5. The Labute approximate surface area is 191 Å². The van der Waals surface area contributed by atoms with E-state index >= 15 is 0 Å². The van der Waals surface area contributed by atoms with Crippen LogP contribution in [0.4, 0.5) is 27.8 Å². The molecule has 2 aromatic heterocycles. The number of halogens is 5. The third kappa shape index (κ3) is 4.76. The fraction of sp³-hybridized carbons (Fsp3) is 0.304. The number of anilines is 1. The maximum Gasteiger partial charge on any atom is 0.417 e. The molecule has 1 N–H and O–H groups in total. The number of hydrogen-bond acceptors (Lipinski definition) is 5. The van der Waals surface area contributed by atoms with Gasteiger partial charge in [-0.05, 0) is 31.2 Å². The summed E-state index contributed by atoms with van der Waals surface area (Å²) in [5.74, 6) is -3.63. The Morgan fingerprint density at radius 2 is 2.03 bits per heavy atom. The highest BCUT2D eigenvalue weighted by Crippen LogP contribution is 2.36. The first-order valence-corrected chi connectivity index (χ1v) is 10.2. The van der Waals surface area contributed by atoms with Crippen LogP contribution in [-0.2, 0) is 6.18 Å². The second kappa shape index (κ2) is 8.85. The van der Waals surface area contributed by atoms with Gasteiger partial charge in [-0.1, -0.05) is 17.7 Å². The van der Waals surface area contributed by atoms with Crippen LogP contribution in [0.2, 0.25) is 0 Å². The van der Waals surface area contributed by atoms with Gasteiger partial charge in [0.25, 0.3) is 11.8 Å². The Kier molecular flexibility index (Phi) is 6.08. The molecule has 0 spiro atoms. The highest BCUT2D eigenvalue weighted by molar-refractivity contribution is 6.00. The van der Waals surface area contributed by atoms with E-state index in [1.165, 1.54) is 6.20 Å². The number of aromatic nitrogens is 3. The van der Waals surface area contributed by atoms with Gasteiger partial charge in [0.05, 0.1) is 17.3 Å². The molecule has 1 aliphatic heterocycles. The average Bonchev–Trinajstić information content (AvgIpc) is 3.11. The van der Waals surface area contributed by atoms with Crippen molar-refractivity contribution in [3.05, 3.63) is 71.7 Å². The molecular formula is C23H18F5N5O. The second-order valence-electron chi connectivity index (χ2n) is 7.83. The molecule has 1 saturated heterocycles. The van der Waals surface area contributed by atoms with E-state index in [1.807, 2.05) is 0 Å². The van der Waals surface area contributed by atoms with Crippen molar-refractivity contribution in [1.29, 1.82) is 0 Å². The Hall–Kier alpha value is -3.81. The normalized spacial score (nSPS) is 17.4. The van der Waals surface area contributed by atoms with Crippen molar-refractivity contribution in [2.75, 3.05) is 18.4 Å². The maximum absolute atomic E-state index is 14.7. The zero-order valence-corrected chi connectivity index (χ0v) is 17.8. The average molecular weight is 475 g/mol. The molecule has 11 heteroatoms. The number of nitrogens with zero attached hydrogens (tertiary/aromatic N) is 4. The molecule has 0 bridgehead atoms. The minimum atomic E-state index is -4.56. The highest BCUT2D eigenvalue weighted by atomic mass is 19.4. The van der Waals surface area contributed by atoms with Gasteiger partial charge in [0.2, 0.25) is 0 Å². The molecule has 6 nitrogen and oxygen atoms in total. The van der Waals surface area contributed by atoms with Gasteiger partial charge in [0.15, 0.2) is 5.82 Å². The summed E-state index contributed by atoms with van der Waals surface area (Å²) in [6.07, 6.45) is -0.635. The molecule has 0 aliphatic carbocycles. The monoisotopic (exact) mass is 475 g/mol. The molecule has 1 aromatic carbocycles. The largest absolute Gasteiger partial charge is 0.417 e. The molecule has 4 rings (SSSR count). The van der Waals surface area contributed by atoms with Crippen LogP contribution in [0.3, 0.4) is 0 Å². The van der Waals surface area contributed by atoms with Crippen LogP contribution in [0.5, 0.6) is 0 Å². The van der Waals surface area contributed by atoms with Crippen molar-refractivity contribution in [1.82, 2.24) is 19.9 Å². The molecule has 176 valence electrons. The van der Waals surface area contributed by atoms with Gasteiger partial charge in [-0.25, -0.2) is 18.7 Å². The lowest BCUT2D eigenvalue weighted by molar-refractivity contribution is -0.137. The van der Waals surface area contributed by atoms with Crippen molar-refractivity contribution >= 4 is 11.7 Å². The maximum atomic E-state index is 14.7. The van der Waals surface area contributed by atoms with Gasteiger partial charge in [0.1, 0.15) is 11.9 Å². The van der Waals surface area contributed by atoms with E-state index < -0.39 is 42.6 Å². The van der Waals surface area contributed by atoms with E-state index in [9.17, 15) is 26.7 Å². The number of amides is 1. The van der Waals surface area contributed by atoms with Crippen molar-refractivity contribution in [3.8, 4) is 11.4 Å². The smallest absolute Gasteiger partial charge is 0.368 e. The molecule has 1 atom stereocenters. The summed E-state index contributed by atoms with van der Waals surface area (Å²) in [5.41, 5.74) is 0.321. The summed E-state index contributed by atoms with van der Waals surface area (Å²) in [5, 5.41) is 2.63. The SMILES string of the molecule is Cc1ccc(-c2nc#ccn2)c(C(=O)N2CCC(F)(F)[C@H]2CNc2ccc(C(F)(F)F)cn2)c1. The molecule has 0 saturated carbocycles. The summed E-state index contributed by atoms with van der Waals surface area (Å²) in [6.45, 7) is 1.17. The first-order valence-electron chi connectivity index (χ1n) is 10.2. The Morgan fingerprint density at radius 1 is 1.24 bits per heavy atom. The molecule has 3 heterocycles. The van der Waals surface area contributed by atoms with Gasteiger partial charge < -0.3 is 10.2 Å². The molecule has 1 fully saturated rings. The topological polar surface area (TPSA) is 71.0 Å². The Bertz CT molecular complexity index is 1170. The predicted octanol–water partition coefficient (Wildman–Crippen LogP) is 4.43. The Morgan fingerprint density at radius 3 is 2.68 bits per heavy atom. The quantitative estimate of drug-likeness (QED) is 0.553. The third-order valence-corrected chi connectivity index (χ3v) is 5.50. The molecule has 3 aromatic rings. The summed E-state index contributed by atoms with van der Waals surface area (Å²) >= 11 is 0. The number of likely N-dealkylation sites (tertiary alicyclic amines) is 1. The molecule has 0 radical (unpaired) electrons. The van der Waals surface area contributed by atoms with E-state index in [4.69, 9.17) is 0 Å². The highest BCUT2D eigenvalue weighted by Gasteiger charge is 2.50. The zero-order valence-electron chi connectivity index (χ0n) is 17.8. The zero-order chi connectivity index (χ0) is 24.5. The van der Waals surface area contributed by atoms with Crippen molar-refractivity contribution in [2.45, 2.75) is 31.5 Å². The van der Waals surface area contributed by atoms with Gasteiger partial charge in [-0.15, -0.1) is 0 Å². The number of pyridine rings is 1. The van der Waals surface area contributed by atoms with Crippen LogP contribution in [-0.4, -0.2) is 50.8 Å². The number of aryl methyl sites for hydroxylation is 1. The number of nitrogens with one attached hydrogen (secondary N) is 1. The van der Waals surface area contributed by atoms with Crippen LogP contribution in [0, 0.1) is 19.2 Å². The minimum absolute atomic E-state index is 0.0104. The predicted molar refractivity (Wildman–Crippen MR) is 112 cm³/mol. The Balaban J connectivity index is 1.58. The van der Waals surface area contributed by atoms with Crippen molar-refractivity contribution < 1.29 is 26.7 Å². The number of benzene rings is 1.